The van der Waals surface area contributed by atoms with Gasteiger partial charge in [0.2, 0.25) is 11.8 Å². The van der Waals surface area contributed by atoms with Crippen molar-refractivity contribution in [3.63, 3.8) is 0 Å². The number of carbonyl (C=O) groups is 3. The highest BCUT2D eigenvalue weighted by Gasteiger charge is 2.33. The Labute approximate surface area is 201 Å². The Morgan fingerprint density at radius 3 is 2.56 bits per heavy atom. The van der Waals surface area contributed by atoms with Gasteiger partial charge in [0.25, 0.3) is 5.91 Å². The summed E-state index contributed by atoms with van der Waals surface area (Å²) >= 11 is 0. The van der Waals surface area contributed by atoms with Crippen LogP contribution in [0.1, 0.15) is 43.5 Å². The minimum atomic E-state index is -0.316. The summed E-state index contributed by atoms with van der Waals surface area (Å²) in [5.74, 6) is 0.506. The van der Waals surface area contributed by atoms with Gasteiger partial charge in [-0.15, -0.1) is 0 Å². The Morgan fingerprint density at radius 2 is 1.91 bits per heavy atom. The van der Waals surface area contributed by atoms with Crippen LogP contribution in [0.3, 0.4) is 0 Å². The standard InChI is InChI=1S/C25H37N3O6/c1-16-12-28(24(30)10-18-6-7-18)17(2)14-34-21-9-8-19(26-23(29)15-32-4)11-20(21)25(31)27(3)13-22(16)33-5/h8-9,11,16-18,22H,6-7,10,12-15H2,1-5H3,(H,26,29)/t16-,17+,22+/m1/s1. The van der Waals surface area contributed by atoms with Gasteiger partial charge in [-0.25, -0.2) is 0 Å². The second-order valence-electron chi connectivity index (χ2n) is 9.48. The van der Waals surface area contributed by atoms with Gasteiger partial charge in [0.1, 0.15) is 19.0 Å². The number of nitrogens with one attached hydrogen (secondary N) is 1. The maximum Gasteiger partial charge on any atom is 0.257 e. The van der Waals surface area contributed by atoms with Gasteiger partial charge in [-0.3, -0.25) is 14.4 Å². The van der Waals surface area contributed by atoms with Crippen LogP contribution in [0, 0.1) is 11.8 Å². The Hall–Kier alpha value is -2.65. The lowest BCUT2D eigenvalue weighted by Gasteiger charge is -2.36. The predicted octanol–water partition coefficient (Wildman–Crippen LogP) is 2.40. The molecule has 1 N–H and O–H groups in total. The lowest BCUT2D eigenvalue weighted by molar-refractivity contribution is -0.135. The Bertz CT molecular complexity index is 887. The fourth-order valence-corrected chi connectivity index (χ4v) is 4.22. The van der Waals surface area contributed by atoms with Crippen LogP contribution in [0.2, 0.25) is 0 Å². The summed E-state index contributed by atoms with van der Waals surface area (Å²) in [6.07, 6.45) is 2.55. The van der Waals surface area contributed by atoms with E-state index < -0.39 is 0 Å². The van der Waals surface area contributed by atoms with E-state index in [4.69, 9.17) is 14.2 Å². The Balaban J connectivity index is 1.90. The first kappa shape index (κ1) is 26.0. The van der Waals surface area contributed by atoms with E-state index in [1.165, 1.54) is 7.11 Å². The molecule has 188 valence electrons. The molecule has 1 saturated carbocycles. The Morgan fingerprint density at radius 1 is 1.18 bits per heavy atom. The minimum Gasteiger partial charge on any atom is -0.491 e. The molecule has 3 rings (SSSR count). The number of hydrogen-bond donors (Lipinski definition) is 1. The number of amides is 3. The third kappa shape index (κ3) is 6.70. The topological polar surface area (TPSA) is 97.4 Å². The highest BCUT2D eigenvalue weighted by molar-refractivity contribution is 5.99. The normalized spacial score (nSPS) is 23.9. The predicted molar refractivity (Wildman–Crippen MR) is 128 cm³/mol. The minimum absolute atomic E-state index is 0.0180. The quantitative estimate of drug-likeness (QED) is 0.679. The summed E-state index contributed by atoms with van der Waals surface area (Å²) in [5.41, 5.74) is 0.813. The van der Waals surface area contributed by atoms with Crippen LogP contribution in [0.5, 0.6) is 5.75 Å². The van der Waals surface area contributed by atoms with Gasteiger partial charge in [0.05, 0.1) is 17.7 Å². The van der Waals surface area contributed by atoms with E-state index in [0.29, 0.717) is 42.4 Å². The molecule has 34 heavy (non-hydrogen) atoms. The monoisotopic (exact) mass is 475 g/mol. The summed E-state index contributed by atoms with van der Waals surface area (Å²) in [6, 6.07) is 4.80. The molecule has 3 amide bonds. The first-order valence-corrected chi connectivity index (χ1v) is 11.9. The molecule has 0 saturated heterocycles. The molecule has 9 heteroatoms. The fourth-order valence-electron chi connectivity index (χ4n) is 4.22. The molecule has 3 atom stereocenters. The van der Waals surface area contributed by atoms with Gasteiger partial charge in [-0.2, -0.15) is 0 Å². The molecule has 0 spiro atoms. The molecule has 0 aromatic heterocycles. The number of hydrogen-bond acceptors (Lipinski definition) is 6. The third-order valence-electron chi connectivity index (χ3n) is 6.48. The molecule has 2 aliphatic rings. The maximum atomic E-state index is 13.4. The number of rotatable bonds is 6. The average molecular weight is 476 g/mol. The van der Waals surface area contributed by atoms with Crippen molar-refractivity contribution in [2.24, 2.45) is 11.8 Å². The zero-order valence-electron chi connectivity index (χ0n) is 20.8. The van der Waals surface area contributed by atoms with Gasteiger partial charge in [-0.05, 0) is 43.9 Å². The van der Waals surface area contributed by atoms with Crippen LogP contribution in [0.4, 0.5) is 5.69 Å². The molecular weight excluding hydrogens is 438 g/mol. The van der Waals surface area contributed by atoms with Crippen molar-refractivity contribution in [2.45, 2.75) is 45.3 Å². The van der Waals surface area contributed by atoms with Crippen LogP contribution >= 0.6 is 0 Å². The number of likely N-dealkylation sites (N-methyl/N-ethyl adjacent to an activating group) is 1. The molecular formula is C25H37N3O6. The van der Waals surface area contributed by atoms with Gasteiger partial charge in [-0.1, -0.05) is 6.92 Å². The number of benzene rings is 1. The van der Waals surface area contributed by atoms with Crippen LogP contribution < -0.4 is 10.1 Å². The second-order valence-corrected chi connectivity index (χ2v) is 9.48. The second kappa shape index (κ2) is 11.7. The van der Waals surface area contributed by atoms with Crippen molar-refractivity contribution in [2.75, 3.05) is 52.9 Å². The van der Waals surface area contributed by atoms with Crippen LogP contribution in [-0.4, -0.2) is 87.2 Å². The number of nitrogens with zero attached hydrogens (tertiary/aromatic N) is 2. The van der Waals surface area contributed by atoms with E-state index >= 15 is 0 Å². The van der Waals surface area contributed by atoms with E-state index in [1.807, 2.05) is 18.7 Å². The number of methoxy groups -OCH3 is 2. The fraction of sp³-hybridized carbons (Fsp3) is 0.640. The average Bonchev–Trinajstić information content (AvgIpc) is 3.62. The summed E-state index contributed by atoms with van der Waals surface area (Å²) in [4.78, 5) is 41.9. The summed E-state index contributed by atoms with van der Waals surface area (Å²) in [5, 5.41) is 2.73. The molecule has 1 fully saturated rings. The maximum absolute atomic E-state index is 13.4. The summed E-state index contributed by atoms with van der Waals surface area (Å²) in [6.45, 7) is 5.07. The molecule has 1 aromatic carbocycles. The van der Waals surface area contributed by atoms with Crippen molar-refractivity contribution in [3.8, 4) is 5.75 Å². The lowest BCUT2D eigenvalue weighted by atomic mass is 10.0. The highest BCUT2D eigenvalue weighted by Crippen LogP contribution is 2.33. The Kier molecular flexibility index (Phi) is 8.90. The summed E-state index contributed by atoms with van der Waals surface area (Å²) in [7, 11) is 4.79. The number of carbonyl (C=O) groups excluding carboxylic acids is 3. The summed E-state index contributed by atoms with van der Waals surface area (Å²) < 4.78 is 16.7. The molecule has 0 radical (unpaired) electrons. The largest absolute Gasteiger partial charge is 0.491 e. The van der Waals surface area contributed by atoms with E-state index in [2.05, 4.69) is 5.32 Å². The molecule has 0 unspecified atom stereocenters. The number of ether oxygens (including phenoxy) is 3. The van der Waals surface area contributed by atoms with E-state index in [-0.39, 0.29) is 49.0 Å². The van der Waals surface area contributed by atoms with E-state index in [9.17, 15) is 14.4 Å². The van der Waals surface area contributed by atoms with Crippen molar-refractivity contribution >= 4 is 23.4 Å². The van der Waals surface area contributed by atoms with Crippen LogP contribution in [0.15, 0.2) is 18.2 Å². The van der Waals surface area contributed by atoms with Crippen molar-refractivity contribution in [1.29, 1.82) is 0 Å². The molecule has 1 aliphatic carbocycles. The zero-order chi connectivity index (χ0) is 24.8. The molecule has 0 bridgehead atoms. The van der Waals surface area contributed by atoms with E-state index in [0.717, 1.165) is 12.8 Å². The van der Waals surface area contributed by atoms with Crippen molar-refractivity contribution < 1.29 is 28.6 Å². The SMILES string of the molecule is COCC(=O)Nc1ccc2c(c1)C(=O)N(C)C[C@H](OC)[C@H](C)CN(C(=O)CC1CC1)[C@@H](C)CO2. The van der Waals surface area contributed by atoms with Crippen molar-refractivity contribution in [3.05, 3.63) is 23.8 Å². The lowest BCUT2D eigenvalue weighted by Crippen LogP contribution is -2.48. The highest BCUT2D eigenvalue weighted by atomic mass is 16.5. The van der Waals surface area contributed by atoms with Gasteiger partial charge < -0.3 is 29.3 Å². The van der Waals surface area contributed by atoms with E-state index in [1.54, 1.807) is 37.3 Å². The molecule has 1 aliphatic heterocycles. The van der Waals surface area contributed by atoms with Crippen LogP contribution in [-0.2, 0) is 19.1 Å². The van der Waals surface area contributed by atoms with Gasteiger partial charge in [0.15, 0.2) is 0 Å². The molecule has 1 heterocycles. The first-order chi connectivity index (χ1) is 16.2. The van der Waals surface area contributed by atoms with Gasteiger partial charge in [0, 0.05) is 52.4 Å². The molecule has 1 aromatic rings. The van der Waals surface area contributed by atoms with Gasteiger partial charge >= 0.3 is 0 Å². The van der Waals surface area contributed by atoms with Crippen LogP contribution in [0.25, 0.3) is 0 Å². The van der Waals surface area contributed by atoms with Crippen molar-refractivity contribution in [1.82, 2.24) is 9.80 Å². The number of fused-ring (bicyclic) bond motifs is 1. The third-order valence-corrected chi connectivity index (χ3v) is 6.48. The zero-order valence-corrected chi connectivity index (χ0v) is 20.8. The number of anilines is 1. The smallest absolute Gasteiger partial charge is 0.257 e. The molecule has 9 nitrogen and oxygen atoms in total. The first-order valence-electron chi connectivity index (χ1n) is 11.9.